The molecule has 138 valence electrons. The molecule has 6 nitrogen and oxygen atoms in total. The van der Waals surface area contributed by atoms with Gasteiger partial charge < -0.3 is 19.5 Å². The van der Waals surface area contributed by atoms with Crippen LogP contribution in [0.25, 0.3) is 0 Å². The molecule has 0 saturated carbocycles. The van der Waals surface area contributed by atoms with Crippen LogP contribution in [0.3, 0.4) is 0 Å². The standard InChI is InChI=1S/C19H22FN3O3/c20-16-5-1-2-6-17(16)22-9-11-23(12-10-22)19(25)8-7-18(24)21-14-15-4-3-13-26-15/h1-6,13H,7-12,14H2,(H,21,24). The zero-order valence-electron chi connectivity index (χ0n) is 14.5. The monoisotopic (exact) mass is 359 g/mol. The van der Waals surface area contributed by atoms with E-state index in [4.69, 9.17) is 4.42 Å². The minimum atomic E-state index is -0.250. The van der Waals surface area contributed by atoms with Gasteiger partial charge in [0, 0.05) is 39.0 Å². The molecule has 2 aromatic rings. The van der Waals surface area contributed by atoms with Crippen molar-refractivity contribution in [3.63, 3.8) is 0 Å². The number of nitrogens with zero attached hydrogens (tertiary/aromatic N) is 2. The van der Waals surface area contributed by atoms with E-state index in [9.17, 15) is 14.0 Å². The number of para-hydroxylation sites is 1. The Balaban J connectivity index is 1.39. The third-order valence-electron chi connectivity index (χ3n) is 4.43. The highest BCUT2D eigenvalue weighted by Gasteiger charge is 2.22. The second-order valence-electron chi connectivity index (χ2n) is 6.18. The number of amides is 2. The molecular weight excluding hydrogens is 337 g/mol. The summed E-state index contributed by atoms with van der Waals surface area (Å²) in [6, 6.07) is 10.2. The fourth-order valence-corrected chi connectivity index (χ4v) is 2.97. The van der Waals surface area contributed by atoms with Gasteiger partial charge in [0.25, 0.3) is 0 Å². The minimum absolute atomic E-state index is 0.0497. The predicted molar refractivity (Wildman–Crippen MR) is 95.0 cm³/mol. The number of carbonyl (C=O) groups excluding carboxylic acids is 2. The maximum absolute atomic E-state index is 13.8. The first-order chi connectivity index (χ1) is 12.6. The lowest BCUT2D eigenvalue weighted by molar-refractivity contribution is -0.133. The molecule has 26 heavy (non-hydrogen) atoms. The van der Waals surface area contributed by atoms with Gasteiger partial charge in [-0.1, -0.05) is 12.1 Å². The number of piperazine rings is 1. The first kappa shape index (κ1) is 18.0. The Morgan fingerprint density at radius 3 is 2.50 bits per heavy atom. The van der Waals surface area contributed by atoms with Crippen LogP contribution in [0.4, 0.5) is 10.1 Å². The van der Waals surface area contributed by atoms with Crippen LogP contribution in [-0.4, -0.2) is 42.9 Å². The Hall–Kier alpha value is -2.83. The van der Waals surface area contributed by atoms with Gasteiger partial charge in [0.05, 0.1) is 18.5 Å². The van der Waals surface area contributed by atoms with Crippen molar-refractivity contribution >= 4 is 17.5 Å². The topological polar surface area (TPSA) is 65.8 Å². The molecule has 0 spiro atoms. The highest BCUT2D eigenvalue weighted by molar-refractivity contribution is 5.83. The molecule has 2 amide bonds. The lowest BCUT2D eigenvalue weighted by Crippen LogP contribution is -2.49. The average Bonchev–Trinajstić information content (AvgIpc) is 3.18. The van der Waals surface area contributed by atoms with Gasteiger partial charge in [0.15, 0.2) is 0 Å². The first-order valence-corrected chi connectivity index (χ1v) is 8.70. The number of rotatable bonds is 6. The molecule has 0 bridgehead atoms. The largest absolute Gasteiger partial charge is 0.467 e. The van der Waals surface area contributed by atoms with Crippen LogP contribution in [0.15, 0.2) is 47.1 Å². The van der Waals surface area contributed by atoms with Crippen LogP contribution in [0.1, 0.15) is 18.6 Å². The lowest BCUT2D eigenvalue weighted by Gasteiger charge is -2.36. The molecule has 1 aromatic heterocycles. The van der Waals surface area contributed by atoms with Gasteiger partial charge in [0.1, 0.15) is 11.6 Å². The van der Waals surface area contributed by atoms with Crippen molar-refractivity contribution in [3.8, 4) is 0 Å². The van der Waals surface area contributed by atoms with Crippen molar-refractivity contribution in [2.24, 2.45) is 0 Å². The van der Waals surface area contributed by atoms with Gasteiger partial charge >= 0.3 is 0 Å². The zero-order valence-corrected chi connectivity index (χ0v) is 14.5. The van der Waals surface area contributed by atoms with Crippen molar-refractivity contribution in [2.45, 2.75) is 19.4 Å². The Kier molecular flexibility index (Phi) is 5.88. The van der Waals surface area contributed by atoms with E-state index in [2.05, 4.69) is 5.32 Å². The summed E-state index contributed by atoms with van der Waals surface area (Å²) < 4.78 is 19.0. The number of carbonyl (C=O) groups is 2. The SMILES string of the molecule is O=C(CCC(=O)N1CCN(c2ccccc2F)CC1)NCc1ccco1. The number of halogens is 1. The van der Waals surface area contributed by atoms with Gasteiger partial charge in [-0.2, -0.15) is 0 Å². The molecule has 1 aliphatic heterocycles. The molecule has 2 heterocycles. The van der Waals surface area contributed by atoms with E-state index in [1.807, 2.05) is 4.90 Å². The third-order valence-corrected chi connectivity index (χ3v) is 4.43. The number of nitrogens with one attached hydrogen (secondary N) is 1. The normalized spacial score (nSPS) is 14.3. The molecule has 0 unspecified atom stereocenters. The molecule has 3 rings (SSSR count). The van der Waals surface area contributed by atoms with Crippen LogP contribution in [-0.2, 0) is 16.1 Å². The number of furan rings is 1. The fraction of sp³-hybridized carbons (Fsp3) is 0.368. The summed E-state index contributed by atoms with van der Waals surface area (Å²) in [4.78, 5) is 27.8. The van der Waals surface area contributed by atoms with Crippen molar-refractivity contribution in [3.05, 3.63) is 54.2 Å². The van der Waals surface area contributed by atoms with Crippen molar-refractivity contribution < 1.29 is 18.4 Å². The third kappa shape index (κ3) is 4.62. The second kappa shape index (κ2) is 8.51. The number of hydrogen-bond acceptors (Lipinski definition) is 4. The van der Waals surface area contributed by atoms with Crippen LogP contribution >= 0.6 is 0 Å². The van der Waals surface area contributed by atoms with E-state index in [-0.39, 0.29) is 30.5 Å². The smallest absolute Gasteiger partial charge is 0.223 e. The molecule has 1 N–H and O–H groups in total. The maximum Gasteiger partial charge on any atom is 0.223 e. The lowest BCUT2D eigenvalue weighted by atomic mass is 10.2. The summed E-state index contributed by atoms with van der Waals surface area (Å²) in [6.45, 7) is 2.54. The quantitative estimate of drug-likeness (QED) is 0.858. The Morgan fingerprint density at radius 1 is 1.04 bits per heavy atom. The van der Waals surface area contributed by atoms with Gasteiger partial charge in [-0.15, -0.1) is 0 Å². The summed E-state index contributed by atoms with van der Waals surface area (Å²) in [5.74, 6) is 0.195. The van der Waals surface area contributed by atoms with Gasteiger partial charge in [-0.3, -0.25) is 9.59 Å². The van der Waals surface area contributed by atoms with E-state index in [1.165, 1.54) is 6.07 Å². The van der Waals surface area contributed by atoms with Crippen LogP contribution in [0.2, 0.25) is 0 Å². The number of anilines is 1. The van der Waals surface area contributed by atoms with Gasteiger partial charge in [-0.25, -0.2) is 4.39 Å². The van der Waals surface area contributed by atoms with Crippen molar-refractivity contribution in [1.82, 2.24) is 10.2 Å². The molecule has 1 saturated heterocycles. The van der Waals surface area contributed by atoms with Crippen LogP contribution in [0.5, 0.6) is 0 Å². The summed E-state index contributed by atoms with van der Waals surface area (Å²) in [7, 11) is 0. The molecule has 1 aliphatic rings. The Morgan fingerprint density at radius 2 is 1.81 bits per heavy atom. The predicted octanol–water partition coefficient (Wildman–Crippen LogP) is 2.16. The molecule has 0 radical (unpaired) electrons. The molecule has 1 fully saturated rings. The summed E-state index contributed by atoms with van der Waals surface area (Å²) in [6.07, 6.45) is 1.86. The molecule has 0 atom stereocenters. The van der Waals surface area contributed by atoms with Crippen LogP contribution in [0, 0.1) is 5.82 Å². The molecular formula is C19H22FN3O3. The fourth-order valence-electron chi connectivity index (χ4n) is 2.97. The summed E-state index contributed by atoms with van der Waals surface area (Å²) >= 11 is 0. The number of benzene rings is 1. The average molecular weight is 359 g/mol. The zero-order chi connectivity index (χ0) is 18.4. The van der Waals surface area contributed by atoms with Crippen molar-refractivity contribution in [2.75, 3.05) is 31.1 Å². The van der Waals surface area contributed by atoms with E-state index in [0.717, 1.165) is 0 Å². The summed E-state index contributed by atoms with van der Waals surface area (Å²) in [5.41, 5.74) is 0.567. The van der Waals surface area contributed by atoms with E-state index in [0.29, 0.717) is 44.2 Å². The first-order valence-electron chi connectivity index (χ1n) is 8.70. The van der Waals surface area contributed by atoms with Gasteiger partial charge in [0.2, 0.25) is 11.8 Å². The van der Waals surface area contributed by atoms with E-state index < -0.39 is 0 Å². The minimum Gasteiger partial charge on any atom is -0.467 e. The second-order valence-corrected chi connectivity index (χ2v) is 6.18. The van der Waals surface area contributed by atoms with Crippen LogP contribution < -0.4 is 10.2 Å². The Bertz CT molecular complexity index is 740. The molecule has 1 aromatic carbocycles. The maximum atomic E-state index is 13.8. The molecule has 0 aliphatic carbocycles. The van der Waals surface area contributed by atoms with E-state index in [1.54, 1.807) is 41.5 Å². The molecule has 7 heteroatoms. The summed E-state index contributed by atoms with van der Waals surface area (Å²) in [5, 5.41) is 2.72. The van der Waals surface area contributed by atoms with Crippen molar-refractivity contribution in [1.29, 1.82) is 0 Å². The number of hydrogen-bond donors (Lipinski definition) is 1. The van der Waals surface area contributed by atoms with E-state index >= 15 is 0 Å². The highest BCUT2D eigenvalue weighted by atomic mass is 19.1. The Labute approximate surface area is 151 Å². The van der Waals surface area contributed by atoms with Gasteiger partial charge in [-0.05, 0) is 24.3 Å². The highest BCUT2D eigenvalue weighted by Crippen LogP contribution is 2.20.